The third-order valence-electron chi connectivity index (χ3n) is 2.96. The van der Waals surface area contributed by atoms with Gasteiger partial charge in [0.2, 0.25) is 0 Å². The molecular weight excluding hydrogens is 316 g/mol. The second-order valence-electron chi connectivity index (χ2n) is 4.53. The minimum absolute atomic E-state index is 0.286. The molecule has 0 aliphatic rings. The molecule has 2 aromatic rings. The van der Waals surface area contributed by atoms with Crippen molar-refractivity contribution in [3.8, 4) is 5.75 Å². The number of hydrazine groups is 1. The minimum atomic E-state index is -0.484. The van der Waals surface area contributed by atoms with Crippen LogP contribution in [0.5, 0.6) is 5.75 Å². The molecule has 23 heavy (non-hydrogen) atoms. The second kappa shape index (κ2) is 8.00. The standard InChI is InChI=1S/C17H15ClN2O3/c1-23-13-9-6-12(7-10-13)8-11-16(21)19-20-17(22)14-4-2-3-5-15(14)18/h2-11H,1H3,(H,19,21)(H,20,22)/b11-8+. The fraction of sp³-hybridized carbons (Fsp3) is 0.0588. The zero-order valence-electron chi connectivity index (χ0n) is 12.4. The van der Waals surface area contributed by atoms with Gasteiger partial charge in [-0.25, -0.2) is 0 Å². The van der Waals surface area contributed by atoms with Crippen LogP contribution >= 0.6 is 11.6 Å². The number of hydrogen-bond acceptors (Lipinski definition) is 3. The van der Waals surface area contributed by atoms with E-state index in [0.29, 0.717) is 5.02 Å². The summed E-state index contributed by atoms with van der Waals surface area (Å²) >= 11 is 5.90. The molecule has 0 aliphatic heterocycles. The number of halogens is 1. The summed E-state index contributed by atoms with van der Waals surface area (Å²) in [6.07, 6.45) is 2.94. The first-order chi connectivity index (χ1) is 11.1. The summed E-state index contributed by atoms with van der Waals surface area (Å²) in [5.41, 5.74) is 5.71. The molecule has 2 amide bonds. The molecule has 5 nitrogen and oxygen atoms in total. The van der Waals surface area contributed by atoms with Crippen LogP contribution in [-0.2, 0) is 4.79 Å². The van der Waals surface area contributed by atoms with Gasteiger partial charge in [-0.05, 0) is 35.9 Å². The Morgan fingerprint density at radius 1 is 1.04 bits per heavy atom. The van der Waals surface area contributed by atoms with E-state index in [4.69, 9.17) is 16.3 Å². The topological polar surface area (TPSA) is 67.4 Å². The van der Waals surface area contributed by atoms with Crippen molar-refractivity contribution in [3.63, 3.8) is 0 Å². The Morgan fingerprint density at radius 3 is 2.39 bits per heavy atom. The van der Waals surface area contributed by atoms with E-state index in [1.165, 1.54) is 6.08 Å². The van der Waals surface area contributed by atoms with Crippen molar-refractivity contribution in [1.82, 2.24) is 10.9 Å². The van der Waals surface area contributed by atoms with Crippen molar-refractivity contribution >= 4 is 29.5 Å². The Morgan fingerprint density at radius 2 is 1.74 bits per heavy atom. The monoisotopic (exact) mass is 330 g/mol. The van der Waals surface area contributed by atoms with E-state index in [2.05, 4.69) is 10.9 Å². The number of benzene rings is 2. The molecule has 2 N–H and O–H groups in total. The van der Waals surface area contributed by atoms with E-state index >= 15 is 0 Å². The molecule has 6 heteroatoms. The summed E-state index contributed by atoms with van der Waals surface area (Å²) in [6.45, 7) is 0. The normalized spacial score (nSPS) is 10.3. The minimum Gasteiger partial charge on any atom is -0.497 e. The van der Waals surface area contributed by atoms with E-state index in [1.807, 2.05) is 12.1 Å². The van der Waals surface area contributed by atoms with Crippen LogP contribution < -0.4 is 15.6 Å². The molecule has 0 fully saturated rings. The van der Waals surface area contributed by atoms with Gasteiger partial charge in [0, 0.05) is 6.08 Å². The summed E-state index contributed by atoms with van der Waals surface area (Å²) < 4.78 is 5.05. The summed E-state index contributed by atoms with van der Waals surface area (Å²) in [6, 6.07) is 13.8. The predicted molar refractivity (Wildman–Crippen MR) is 89.1 cm³/mol. The van der Waals surface area contributed by atoms with Crippen LogP contribution in [0.25, 0.3) is 6.08 Å². The number of amides is 2. The van der Waals surface area contributed by atoms with Gasteiger partial charge in [-0.1, -0.05) is 35.9 Å². The van der Waals surface area contributed by atoms with E-state index in [1.54, 1.807) is 49.6 Å². The molecule has 0 saturated heterocycles. The molecule has 0 spiro atoms. The van der Waals surface area contributed by atoms with Gasteiger partial charge in [0.05, 0.1) is 17.7 Å². The van der Waals surface area contributed by atoms with Crippen LogP contribution in [0.1, 0.15) is 15.9 Å². The Hall–Kier alpha value is -2.79. The molecule has 2 rings (SSSR count). The first-order valence-electron chi connectivity index (χ1n) is 6.77. The van der Waals surface area contributed by atoms with Crippen LogP contribution in [0, 0.1) is 0 Å². The fourth-order valence-corrected chi connectivity index (χ4v) is 1.98. The highest BCUT2D eigenvalue weighted by Gasteiger charge is 2.09. The van der Waals surface area contributed by atoms with Gasteiger partial charge in [-0.3, -0.25) is 20.4 Å². The number of hydrogen-bond donors (Lipinski definition) is 2. The number of methoxy groups -OCH3 is 1. The quantitative estimate of drug-likeness (QED) is 0.669. The largest absolute Gasteiger partial charge is 0.497 e. The molecule has 0 aromatic heterocycles. The molecular formula is C17H15ClN2O3. The van der Waals surface area contributed by atoms with E-state index in [-0.39, 0.29) is 5.56 Å². The number of carbonyl (C=O) groups is 2. The summed E-state index contributed by atoms with van der Waals surface area (Å²) in [5.74, 6) is -0.207. The molecule has 118 valence electrons. The molecule has 0 unspecified atom stereocenters. The van der Waals surface area contributed by atoms with Gasteiger partial charge in [-0.2, -0.15) is 0 Å². The van der Waals surface area contributed by atoms with Gasteiger partial charge in [0.15, 0.2) is 0 Å². The third-order valence-corrected chi connectivity index (χ3v) is 3.29. The lowest BCUT2D eigenvalue weighted by atomic mass is 10.2. The smallest absolute Gasteiger partial charge is 0.271 e. The maximum Gasteiger partial charge on any atom is 0.271 e. The van der Waals surface area contributed by atoms with Crippen LogP contribution in [0.3, 0.4) is 0 Å². The van der Waals surface area contributed by atoms with Gasteiger partial charge in [0.1, 0.15) is 5.75 Å². The SMILES string of the molecule is COc1ccc(/C=C/C(=O)NNC(=O)c2ccccc2Cl)cc1. The average molecular weight is 331 g/mol. The average Bonchev–Trinajstić information content (AvgIpc) is 2.58. The maximum atomic E-state index is 11.9. The number of carbonyl (C=O) groups excluding carboxylic acids is 2. The number of nitrogens with one attached hydrogen (secondary N) is 2. The Labute approximate surface area is 138 Å². The highest BCUT2D eigenvalue weighted by atomic mass is 35.5. The van der Waals surface area contributed by atoms with Gasteiger partial charge in [-0.15, -0.1) is 0 Å². The Bertz CT molecular complexity index is 727. The number of ether oxygens (including phenoxy) is 1. The lowest BCUT2D eigenvalue weighted by Gasteiger charge is -2.06. The van der Waals surface area contributed by atoms with Crippen LogP contribution in [-0.4, -0.2) is 18.9 Å². The number of rotatable bonds is 4. The van der Waals surface area contributed by atoms with Crippen molar-refractivity contribution in [2.75, 3.05) is 7.11 Å². The van der Waals surface area contributed by atoms with Crippen molar-refractivity contribution < 1.29 is 14.3 Å². The van der Waals surface area contributed by atoms with Crippen molar-refractivity contribution in [2.45, 2.75) is 0 Å². The zero-order valence-corrected chi connectivity index (χ0v) is 13.1. The summed E-state index contributed by atoms with van der Waals surface area (Å²) in [5, 5.41) is 0.313. The summed E-state index contributed by atoms with van der Waals surface area (Å²) in [7, 11) is 1.58. The second-order valence-corrected chi connectivity index (χ2v) is 4.94. The van der Waals surface area contributed by atoms with E-state index in [0.717, 1.165) is 11.3 Å². The molecule has 0 aliphatic carbocycles. The highest BCUT2D eigenvalue weighted by Crippen LogP contribution is 2.14. The fourth-order valence-electron chi connectivity index (χ4n) is 1.76. The van der Waals surface area contributed by atoms with Crippen LogP contribution in [0.4, 0.5) is 0 Å². The molecule has 0 radical (unpaired) electrons. The molecule has 0 heterocycles. The predicted octanol–water partition coefficient (Wildman–Crippen LogP) is 2.82. The third kappa shape index (κ3) is 4.86. The molecule has 0 atom stereocenters. The lowest BCUT2D eigenvalue weighted by molar-refractivity contribution is -0.117. The van der Waals surface area contributed by atoms with Gasteiger partial charge < -0.3 is 4.74 Å². The van der Waals surface area contributed by atoms with Gasteiger partial charge in [0.25, 0.3) is 11.8 Å². The van der Waals surface area contributed by atoms with Gasteiger partial charge >= 0.3 is 0 Å². The van der Waals surface area contributed by atoms with Crippen molar-refractivity contribution in [3.05, 3.63) is 70.8 Å². The molecule has 0 bridgehead atoms. The molecule has 2 aromatic carbocycles. The van der Waals surface area contributed by atoms with Crippen LogP contribution in [0.2, 0.25) is 5.02 Å². The van der Waals surface area contributed by atoms with E-state index in [9.17, 15) is 9.59 Å². The van der Waals surface area contributed by atoms with Crippen molar-refractivity contribution in [2.24, 2.45) is 0 Å². The Balaban J connectivity index is 1.88. The molecule has 0 saturated carbocycles. The van der Waals surface area contributed by atoms with E-state index < -0.39 is 11.8 Å². The zero-order chi connectivity index (χ0) is 16.7. The highest BCUT2D eigenvalue weighted by molar-refractivity contribution is 6.33. The van der Waals surface area contributed by atoms with Crippen LogP contribution in [0.15, 0.2) is 54.6 Å². The lowest BCUT2D eigenvalue weighted by Crippen LogP contribution is -2.40. The summed E-state index contributed by atoms with van der Waals surface area (Å²) in [4.78, 5) is 23.6. The first-order valence-corrected chi connectivity index (χ1v) is 7.15. The first kappa shape index (κ1) is 16.6. The Kier molecular flexibility index (Phi) is 5.77. The maximum absolute atomic E-state index is 11.9. The van der Waals surface area contributed by atoms with Crippen molar-refractivity contribution in [1.29, 1.82) is 0 Å².